The lowest BCUT2D eigenvalue weighted by atomic mass is 10.1. The number of ether oxygens (including phenoxy) is 1. The van der Waals surface area contributed by atoms with E-state index in [2.05, 4.69) is 0 Å². The highest BCUT2D eigenvalue weighted by molar-refractivity contribution is 5.94. The largest absolute Gasteiger partial charge is 0.491 e. The summed E-state index contributed by atoms with van der Waals surface area (Å²) in [6.07, 6.45) is -0.666. The topological polar surface area (TPSA) is 49.8 Å². The maximum Gasteiger partial charge on any atom is 0.159 e. The van der Waals surface area contributed by atoms with Gasteiger partial charge in [-0.25, -0.2) is 4.39 Å². The van der Waals surface area contributed by atoms with Crippen molar-refractivity contribution in [3.8, 4) is 5.75 Å². The summed E-state index contributed by atoms with van der Waals surface area (Å²) in [5.74, 6) is 0.351. The molecule has 134 valence electrons. The van der Waals surface area contributed by atoms with Crippen LogP contribution in [-0.4, -0.2) is 42.1 Å². The number of likely N-dealkylation sites (N-methyl/N-ethyl adjacent to an activating group) is 1. The van der Waals surface area contributed by atoms with Gasteiger partial charge in [0, 0.05) is 18.2 Å². The summed E-state index contributed by atoms with van der Waals surface area (Å²) in [5, 5.41) is 10.2. The van der Waals surface area contributed by atoms with Gasteiger partial charge in [0.25, 0.3) is 0 Å². The van der Waals surface area contributed by atoms with Crippen LogP contribution in [-0.2, 0) is 0 Å². The van der Waals surface area contributed by atoms with Crippen LogP contribution in [0.2, 0.25) is 0 Å². The quantitative estimate of drug-likeness (QED) is 0.745. The van der Waals surface area contributed by atoms with E-state index in [4.69, 9.17) is 4.74 Å². The second-order valence-corrected chi connectivity index (χ2v) is 6.21. The second-order valence-electron chi connectivity index (χ2n) is 6.21. The fourth-order valence-corrected chi connectivity index (χ4v) is 2.52. The molecule has 1 N–H and O–H groups in total. The Morgan fingerprint density at radius 2 is 1.76 bits per heavy atom. The molecule has 0 saturated heterocycles. The Morgan fingerprint density at radius 3 is 2.32 bits per heavy atom. The SMILES string of the molecule is CC(=O)c1ccc(OC[C@@H](O)CN(C)[C@@H](C)c2ccc(F)cc2)cc1. The Morgan fingerprint density at radius 1 is 1.16 bits per heavy atom. The molecule has 0 spiro atoms. The average molecular weight is 345 g/mol. The summed E-state index contributed by atoms with van der Waals surface area (Å²) >= 11 is 0. The Bertz CT molecular complexity index is 685. The van der Waals surface area contributed by atoms with E-state index in [0.717, 1.165) is 5.56 Å². The fraction of sp³-hybridized carbons (Fsp3) is 0.350. The van der Waals surface area contributed by atoms with Gasteiger partial charge in [0.05, 0.1) is 0 Å². The number of aliphatic hydroxyl groups is 1. The van der Waals surface area contributed by atoms with Gasteiger partial charge in [-0.15, -0.1) is 0 Å². The van der Waals surface area contributed by atoms with Crippen LogP contribution >= 0.6 is 0 Å². The zero-order valence-corrected chi connectivity index (χ0v) is 14.8. The molecule has 5 heteroatoms. The van der Waals surface area contributed by atoms with Crippen molar-refractivity contribution >= 4 is 5.78 Å². The normalized spacial score (nSPS) is 13.5. The molecule has 0 radical (unpaired) electrons. The van der Waals surface area contributed by atoms with E-state index in [1.165, 1.54) is 19.1 Å². The van der Waals surface area contributed by atoms with E-state index in [0.29, 0.717) is 17.9 Å². The molecule has 0 bridgehead atoms. The lowest BCUT2D eigenvalue weighted by Gasteiger charge is -2.27. The molecule has 25 heavy (non-hydrogen) atoms. The molecule has 0 fully saturated rings. The van der Waals surface area contributed by atoms with Crippen LogP contribution in [0.4, 0.5) is 4.39 Å². The van der Waals surface area contributed by atoms with Gasteiger partial charge in [-0.1, -0.05) is 12.1 Å². The van der Waals surface area contributed by atoms with Crippen molar-refractivity contribution in [2.75, 3.05) is 20.2 Å². The average Bonchev–Trinajstić information content (AvgIpc) is 2.60. The molecule has 0 aliphatic rings. The highest BCUT2D eigenvalue weighted by Gasteiger charge is 2.16. The molecule has 4 nitrogen and oxygen atoms in total. The first-order valence-electron chi connectivity index (χ1n) is 8.24. The van der Waals surface area contributed by atoms with Crippen molar-refractivity contribution in [3.63, 3.8) is 0 Å². The molecular formula is C20H24FNO3. The molecule has 0 saturated carbocycles. The summed E-state index contributed by atoms with van der Waals surface area (Å²) in [4.78, 5) is 13.2. The maximum absolute atomic E-state index is 13.0. The van der Waals surface area contributed by atoms with Gasteiger partial charge in [-0.05, 0) is 62.9 Å². The first-order chi connectivity index (χ1) is 11.9. The van der Waals surface area contributed by atoms with Crippen molar-refractivity contribution in [2.24, 2.45) is 0 Å². The summed E-state index contributed by atoms with van der Waals surface area (Å²) in [6, 6.07) is 13.2. The van der Waals surface area contributed by atoms with Crippen LogP contribution in [0.3, 0.4) is 0 Å². The maximum atomic E-state index is 13.0. The van der Waals surface area contributed by atoms with E-state index in [-0.39, 0.29) is 24.2 Å². The van der Waals surface area contributed by atoms with Gasteiger partial charge < -0.3 is 9.84 Å². The minimum atomic E-state index is -0.666. The summed E-state index contributed by atoms with van der Waals surface area (Å²) < 4.78 is 18.6. The van der Waals surface area contributed by atoms with Crippen molar-refractivity contribution < 1.29 is 19.0 Å². The summed E-state index contributed by atoms with van der Waals surface area (Å²) in [7, 11) is 1.90. The van der Waals surface area contributed by atoms with E-state index in [1.54, 1.807) is 36.4 Å². The number of halogens is 1. The monoisotopic (exact) mass is 345 g/mol. The second kappa shape index (κ2) is 8.74. The van der Waals surface area contributed by atoms with E-state index < -0.39 is 6.10 Å². The first-order valence-corrected chi connectivity index (χ1v) is 8.24. The molecule has 0 aliphatic carbocycles. The van der Waals surface area contributed by atoms with Crippen LogP contribution in [0.15, 0.2) is 48.5 Å². The predicted octanol–water partition coefficient (Wildman–Crippen LogP) is 3.46. The highest BCUT2D eigenvalue weighted by Crippen LogP contribution is 2.19. The smallest absolute Gasteiger partial charge is 0.159 e. The molecular weight excluding hydrogens is 321 g/mol. The van der Waals surface area contributed by atoms with Crippen molar-refractivity contribution in [1.29, 1.82) is 0 Å². The van der Waals surface area contributed by atoms with Gasteiger partial charge in [0.15, 0.2) is 5.78 Å². The third-order valence-corrected chi connectivity index (χ3v) is 4.22. The molecule has 0 aliphatic heterocycles. The Kier molecular flexibility index (Phi) is 6.67. The number of rotatable bonds is 8. The molecule has 2 aromatic rings. The lowest BCUT2D eigenvalue weighted by molar-refractivity contribution is 0.0653. The van der Waals surface area contributed by atoms with Crippen molar-refractivity contribution in [1.82, 2.24) is 4.90 Å². The zero-order chi connectivity index (χ0) is 18.4. The molecule has 0 unspecified atom stereocenters. The van der Waals surface area contributed by atoms with E-state index in [1.807, 2.05) is 18.9 Å². The van der Waals surface area contributed by atoms with Gasteiger partial charge in [-0.3, -0.25) is 9.69 Å². The molecule has 0 amide bonds. The number of nitrogens with zero attached hydrogens (tertiary/aromatic N) is 1. The Labute approximate surface area is 147 Å². The Hall–Kier alpha value is -2.24. The number of hydrogen-bond donors (Lipinski definition) is 1. The molecule has 2 rings (SSSR count). The van der Waals surface area contributed by atoms with Crippen LogP contribution in [0.5, 0.6) is 5.75 Å². The van der Waals surface area contributed by atoms with Crippen LogP contribution in [0.1, 0.15) is 35.8 Å². The minimum Gasteiger partial charge on any atom is -0.491 e. The number of carbonyl (C=O) groups is 1. The third-order valence-electron chi connectivity index (χ3n) is 4.22. The van der Waals surface area contributed by atoms with Gasteiger partial charge in [0.1, 0.15) is 24.3 Å². The van der Waals surface area contributed by atoms with Crippen molar-refractivity contribution in [3.05, 3.63) is 65.5 Å². The number of benzene rings is 2. The molecule has 2 atom stereocenters. The minimum absolute atomic E-state index is 0.00277. The standard InChI is InChI=1S/C20H24FNO3/c1-14(16-4-8-18(21)9-5-16)22(3)12-19(24)13-25-20-10-6-17(7-11-20)15(2)23/h4-11,14,19,24H,12-13H2,1-3H3/t14-,19-/m0/s1. The number of hydrogen-bond acceptors (Lipinski definition) is 4. The highest BCUT2D eigenvalue weighted by atomic mass is 19.1. The number of Topliss-reactive ketones (excluding diaryl/α,β-unsaturated/α-hetero) is 1. The number of aliphatic hydroxyl groups excluding tert-OH is 1. The third kappa shape index (κ3) is 5.66. The number of carbonyl (C=O) groups excluding carboxylic acids is 1. The zero-order valence-electron chi connectivity index (χ0n) is 14.8. The van der Waals surface area contributed by atoms with Crippen LogP contribution in [0.25, 0.3) is 0 Å². The summed E-state index contributed by atoms with van der Waals surface area (Å²) in [6.45, 7) is 4.09. The van der Waals surface area contributed by atoms with Crippen LogP contribution in [0, 0.1) is 5.82 Å². The summed E-state index contributed by atoms with van der Waals surface area (Å²) in [5.41, 5.74) is 1.61. The van der Waals surface area contributed by atoms with Crippen molar-refractivity contribution in [2.45, 2.75) is 26.0 Å². The van der Waals surface area contributed by atoms with Gasteiger partial charge in [0.2, 0.25) is 0 Å². The molecule has 0 heterocycles. The first kappa shape index (κ1) is 19.1. The Balaban J connectivity index is 1.83. The van der Waals surface area contributed by atoms with Gasteiger partial charge >= 0.3 is 0 Å². The fourth-order valence-electron chi connectivity index (χ4n) is 2.52. The number of ketones is 1. The van der Waals surface area contributed by atoms with E-state index >= 15 is 0 Å². The lowest BCUT2D eigenvalue weighted by Crippen LogP contribution is -2.34. The van der Waals surface area contributed by atoms with Crippen LogP contribution < -0.4 is 4.74 Å². The van der Waals surface area contributed by atoms with Gasteiger partial charge in [-0.2, -0.15) is 0 Å². The molecule has 0 aromatic heterocycles. The molecule has 2 aromatic carbocycles. The predicted molar refractivity (Wildman–Crippen MR) is 95.4 cm³/mol. The van der Waals surface area contributed by atoms with E-state index in [9.17, 15) is 14.3 Å².